The molecule has 1 amide bonds. The number of primary amides is 1. The first-order valence-corrected chi connectivity index (χ1v) is 11.0. The summed E-state index contributed by atoms with van der Waals surface area (Å²) in [5.74, 6) is -1.56. The quantitative estimate of drug-likeness (QED) is 0.668. The van der Waals surface area contributed by atoms with Gasteiger partial charge in [-0.2, -0.15) is 4.31 Å². The SMILES string of the molecule is COc1ccc(S(=O)(=O)N2CCC[C@H](C(=O)O[C@H](C(N)=O)c3ccccc3)C2)cc1. The van der Waals surface area contributed by atoms with Crippen LogP contribution in [0, 0.1) is 5.92 Å². The first-order chi connectivity index (χ1) is 14.3. The second-order valence-electron chi connectivity index (χ2n) is 7.01. The molecule has 0 bridgehead atoms. The molecule has 0 radical (unpaired) electrons. The molecule has 0 spiro atoms. The summed E-state index contributed by atoms with van der Waals surface area (Å²) < 4.78 is 37.6. The maximum absolute atomic E-state index is 13.0. The number of hydrogen-bond acceptors (Lipinski definition) is 6. The number of nitrogens with two attached hydrogens (primary N) is 1. The molecule has 1 saturated heterocycles. The molecule has 30 heavy (non-hydrogen) atoms. The minimum absolute atomic E-state index is 0.0204. The van der Waals surface area contributed by atoms with Crippen LogP contribution < -0.4 is 10.5 Å². The zero-order chi connectivity index (χ0) is 21.7. The van der Waals surface area contributed by atoms with Crippen molar-refractivity contribution in [3.05, 3.63) is 60.2 Å². The Balaban J connectivity index is 1.73. The first kappa shape index (κ1) is 21.8. The van der Waals surface area contributed by atoms with Crippen molar-refractivity contribution in [2.75, 3.05) is 20.2 Å². The number of sulfonamides is 1. The Kier molecular flexibility index (Phi) is 6.73. The molecule has 1 aliphatic heterocycles. The van der Waals surface area contributed by atoms with Crippen molar-refractivity contribution < 1.29 is 27.5 Å². The highest BCUT2D eigenvalue weighted by atomic mass is 32.2. The van der Waals surface area contributed by atoms with Crippen LogP contribution in [0.1, 0.15) is 24.5 Å². The molecule has 8 nitrogen and oxygen atoms in total. The molecule has 160 valence electrons. The van der Waals surface area contributed by atoms with E-state index in [0.717, 1.165) is 0 Å². The first-order valence-electron chi connectivity index (χ1n) is 9.52. The van der Waals surface area contributed by atoms with Crippen LogP contribution in [0.3, 0.4) is 0 Å². The van der Waals surface area contributed by atoms with Crippen LogP contribution >= 0.6 is 0 Å². The number of carbonyl (C=O) groups is 2. The van der Waals surface area contributed by atoms with Crippen molar-refractivity contribution >= 4 is 21.9 Å². The molecule has 3 rings (SSSR count). The van der Waals surface area contributed by atoms with Gasteiger partial charge in [-0.1, -0.05) is 30.3 Å². The Morgan fingerprint density at radius 2 is 1.77 bits per heavy atom. The van der Waals surface area contributed by atoms with Gasteiger partial charge >= 0.3 is 5.97 Å². The fourth-order valence-electron chi connectivity index (χ4n) is 3.38. The maximum Gasteiger partial charge on any atom is 0.311 e. The number of piperidine rings is 1. The number of methoxy groups -OCH3 is 1. The third-order valence-corrected chi connectivity index (χ3v) is 6.89. The van der Waals surface area contributed by atoms with Crippen LogP contribution in [-0.2, 0) is 24.3 Å². The Morgan fingerprint density at radius 1 is 1.10 bits per heavy atom. The number of nitrogens with zero attached hydrogens (tertiary/aromatic N) is 1. The zero-order valence-electron chi connectivity index (χ0n) is 16.6. The van der Waals surface area contributed by atoms with Crippen LogP contribution in [0.5, 0.6) is 5.75 Å². The molecule has 0 aromatic heterocycles. The number of ether oxygens (including phenoxy) is 2. The second-order valence-corrected chi connectivity index (χ2v) is 8.95. The minimum Gasteiger partial charge on any atom is -0.497 e. The van der Waals surface area contributed by atoms with Crippen LogP contribution in [-0.4, -0.2) is 44.8 Å². The molecule has 2 aromatic rings. The summed E-state index contributed by atoms with van der Waals surface area (Å²) in [5, 5.41) is 0. The molecule has 2 N–H and O–H groups in total. The van der Waals surface area contributed by atoms with E-state index in [-0.39, 0.29) is 11.4 Å². The molecule has 2 aromatic carbocycles. The Hall–Kier alpha value is -2.91. The monoisotopic (exact) mass is 432 g/mol. The number of rotatable bonds is 7. The third kappa shape index (κ3) is 4.80. The largest absolute Gasteiger partial charge is 0.497 e. The highest BCUT2D eigenvalue weighted by Gasteiger charge is 2.35. The number of esters is 1. The average Bonchev–Trinajstić information content (AvgIpc) is 2.77. The highest BCUT2D eigenvalue weighted by molar-refractivity contribution is 7.89. The fraction of sp³-hybridized carbons (Fsp3) is 0.333. The Morgan fingerprint density at radius 3 is 2.37 bits per heavy atom. The van der Waals surface area contributed by atoms with Gasteiger partial charge in [-0.15, -0.1) is 0 Å². The molecule has 0 aliphatic carbocycles. The van der Waals surface area contributed by atoms with Crippen molar-refractivity contribution in [1.82, 2.24) is 4.31 Å². The number of carbonyl (C=O) groups excluding carboxylic acids is 2. The summed E-state index contributed by atoms with van der Waals surface area (Å²) in [6.45, 7) is 0.281. The van der Waals surface area contributed by atoms with Gasteiger partial charge in [-0.3, -0.25) is 9.59 Å². The fourth-order valence-corrected chi connectivity index (χ4v) is 4.90. The summed E-state index contributed by atoms with van der Waals surface area (Å²) in [6.07, 6.45) is -0.248. The highest BCUT2D eigenvalue weighted by Crippen LogP contribution is 2.27. The summed E-state index contributed by atoms with van der Waals surface area (Å²) in [7, 11) is -2.27. The smallest absolute Gasteiger partial charge is 0.311 e. The maximum atomic E-state index is 13.0. The van der Waals surface area contributed by atoms with E-state index < -0.39 is 33.9 Å². The van der Waals surface area contributed by atoms with Gasteiger partial charge in [-0.25, -0.2) is 8.42 Å². The van der Waals surface area contributed by atoms with Gasteiger partial charge in [0.2, 0.25) is 16.1 Å². The van der Waals surface area contributed by atoms with Gasteiger partial charge in [0.05, 0.1) is 17.9 Å². The van der Waals surface area contributed by atoms with Crippen molar-refractivity contribution in [2.24, 2.45) is 11.7 Å². The van der Waals surface area contributed by atoms with Gasteiger partial charge in [-0.05, 0) is 37.1 Å². The molecule has 0 unspecified atom stereocenters. The predicted octanol–water partition coefficient (Wildman–Crippen LogP) is 1.87. The van der Waals surface area contributed by atoms with Gasteiger partial charge in [0, 0.05) is 18.7 Å². The lowest BCUT2D eigenvalue weighted by molar-refractivity contribution is -0.160. The standard InChI is InChI=1S/C21H24N2O6S/c1-28-17-9-11-18(12-10-17)30(26,27)23-13-5-8-16(14-23)21(25)29-19(20(22)24)15-6-3-2-4-7-15/h2-4,6-7,9-12,16,19H,5,8,13-14H2,1H3,(H2,22,24)/t16-,19-/m0/s1. The summed E-state index contributed by atoms with van der Waals surface area (Å²) in [5.41, 5.74) is 5.88. The van der Waals surface area contributed by atoms with Crippen molar-refractivity contribution in [2.45, 2.75) is 23.8 Å². The topological polar surface area (TPSA) is 116 Å². The van der Waals surface area contributed by atoms with Crippen molar-refractivity contribution in [1.29, 1.82) is 0 Å². The van der Waals surface area contributed by atoms with Crippen LogP contribution in [0.15, 0.2) is 59.5 Å². The van der Waals surface area contributed by atoms with E-state index >= 15 is 0 Å². The molecule has 1 aliphatic rings. The zero-order valence-corrected chi connectivity index (χ0v) is 17.4. The molecule has 2 atom stereocenters. The van der Waals surface area contributed by atoms with E-state index in [2.05, 4.69) is 0 Å². The van der Waals surface area contributed by atoms with Crippen LogP contribution in [0.4, 0.5) is 0 Å². The van der Waals surface area contributed by atoms with E-state index in [4.69, 9.17) is 15.2 Å². The van der Waals surface area contributed by atoms with Gasteiger partial charge in [0.15, 0.2) is 0 Å². The second kappa shape index (κ2) is 9.27. The normalized spacial score (nSPS) is 18.4. The van der Waals surface area contributed by atoms with Crippen LogP contribution in [0.25, 0.3) is 0 Å². The van der Waals surface area contributed by atoms with E-state index in [0.29, 0.717) is 30.7 Å². The Bertz CT molecular complexity index is 992. The lowest BCUT2D eigenvalue weighted by Crippen LogP contribution is -2.43. The number of amides is 1. The number of hydrogen-bond donors (Lipinski definition) is 1. The number of benzene rings is 2. The average molecular weight is 432 g/mol. The van der Waals surface area contributed by atoms with Crippen molar-refractivity contribution in [3.63, 3.8) is 0 Å². The summed E-state index contributed by atoms with van der Waals surface area (Å²) in [6, 6.07) is 14.6. The molecular formula is C21H24N2O6S. The van der Waals surface area contributed by atoms with Crippen molar-refractivity contribution in [3.8, 4) is 5.75 Å². The molecule has 1 heterocycles. The molecular weight excluding hydrogens is 408 g/mol. The van der Waals surface area contributed by atoms with E-state index in [1.54, 1.807) is 42.5 Å². The summed E-state index contributed by atoms with van der Waals surface area (Å²) >= 11 is 0. The Labute approximate surface area is 175 Å². The lowest BCUT2D eigenvalue weighted by atomic mass is 9.99. The lowest BCUT2D eigenvalue weighted by Gasteiger charge is -2.31. The van der Waals surface area contributed by atoms with Gasteiger partial charge < -0.3 is 15.2 Å². The van der Waals surface area contributed by atoms with E-state index in [9.17, 15) is 18.0 Å². The van der Waals surface area contributed by atoms with Crippen LogP contribution in [0.2, 0.25) is 0 Å². The van der Waals surface area contributed by atoms with E-state index in [1.807, 2.05) is 0 Å². The summed E-state index contributed by atoms with van der Waals surface area (Å²) in [4.78, 5) is 24.6. The van der Waals surface area contributed by atoms with Gasteiger partial charge in [0.25, 0.3) is 5.91 Å². The minimum atomic E-state index is -3.77. The molecule has 1 fully saturated rings. The molecule has 0 saturated carbocycles. The van der Waals surface area contributed by atoms with Gasteiger partial charge in [0.1, 0.15) is 5.75 Å². The molecule has 9 heteroatoms. The third-order valence-electron chi connectivity index (χ3n) is 5.01. The predicted molar refractivity (Wildman–Crippen MR) is 109 cm³/mol. The van der Waals surface area contributed by atoms with E-state index in [1.165, 1.54) is 23.5 Å².